The van der Waals surface area contributed by atoms with Gasteiger partial charge in [-0.3, -0.25) is 0 Å². The van der Waals surface area contributed by atoms with Gasteiger partial charge < -0.3 is 9.47 Å². The second-order valence-corrected chi connectivity index (χ2v) is 3.59. The molecule has 0 radical (unpaired) electrons. The summed E-state index contributed by atoms with van der Waals surface area (Å²) >= 11 is 5.19. The summed E-state index contributed by atoms with van der Waals surface area (Å²) in [5.41, 5.74) is -3.45. The number of hydrogen-bond acceptors (Lipinski definition) is 4. The van der Waals surface area contributed by atoms with E-state index in [-0.39, 0.29) is 0 Å². The number of alkyl halides is 6. The average molecular weight is 324 g/mol. The lowest BCUT2D eigenvalue weighted by molar-refractivity contribution is -0.275. The minimum absolute atomic E-state index is 0.330. The summed E-state index contributed by atoms with van der Waals surface area (Å²) in [7, 11) is 0.689. The molecule has 0 unspecified atom stereocenters. The van der Waals surface area contributed by atoms with Crippen LogP contribution in [0.1, 0.15) is 16.1 Å². The van der Waals surface area contributed by atoms with Crippen molar-refractivity contribution < 1.29 is 40.6 Å². The third-order valence-electron chi connectivity index (χ3n) is 1.84. The first-order valence-corrected chi connectivity index (χ1v) is 4.95. The molecule has 0 spiro atoms. The van der Waals surface area contributed by atoms with E-state index in [1.165, 1.54) is 0 Å². The molecule has 0 aliphatic heterocycles. The lowest BCUT2D eigenvalue weighted by Gasteiger charge is -2.16. The van der Waals surface area contributed by atoms with Crippen LogP contribution in [0.25, 0.3) is 0 Å². The predicted octanol–water partition coefficient (Wildman–Crippen LogP) is 3.44. The Balaban J connectivity index is 3.57. The SMILES string of the molecule is COC(=O)c1c(OC(F)(F)F)cc(Cl)nc1C(F)(F)F. The van der Waals surface area contributed by atoms with Gasteiger partial charge in [-0.05, 0) is 0 Å². The first kappa shape index (κ1) is 16.3. The standard InChI is InChI=1S/C9H4ClF6NO3/c1-19-7(18)5-3(20-9(14,15)16)2-4(10)17-6(5)8(11,12)13/h2H,1H3. The normalized spacial score (nSPS) is 12.2. The maximum absolute atomic E-state index is 12.7. The molecule has 1 rings (SSSR count). The quantitative estimate of drug-likeness (QED) is 0.475. The summed E-state index contributed by atoms with van der Waals surface area (Å²) in [6.07, 6.45) is -10.5. The molecule has 0 atom stereocenters. The van der Waals surface area contributed by atoms with Crippen LogP contribution in [0, 0.1) is 0 Å². The van der Waals surface area contributed by atoms with Gasteiger partial charge in [0.2, 0.25) is 0 Å². The molecule has 1 aromatic heterocycles. The molecule has 20 heavy (non-hydrogen) atoms. The van der Waals surface area contributed by atoms with Crippen LogP contribution in [-0.2, 0) is 10.9 Å². The fourth-order valence-electron chi connectivity index (χ4n) is 1.20. The Morgan fingerprint density at radius 1 is 1.25 bits per heavy atom. The van der Waals surface area contributed by atoms with E-state index in [0.717, 1.165) is 0 Å². The van der Waals surface area contributed by atoms with E-state index >= 15 is 0 Å². The van der Waals surface area contributed by atoms with Crippen LogP contribution >= 0.6 is 11.6 Å². The molecule has 0 saturated heterocycles. The van der Waals surface area contributed by atoms with Crippen molar-refractivity contribution in [1.29, 1.82) is 0 Å². The van der Waals surface area contributed by atoms with Crippen molar-refractivity contribution in [3.63, 3.8) is 0 Å². The summed E-state index contributed by atoms with van der Waals surface area (Å²) in [4.78, 5) is 14.0. The summed E-state index contributed by atoms with van der Waals surface area (Å²) in [6.45, 7) is 0. The van der Waals surface area contributed by atoms with Gasteiger partial charge in [-0.2, -0.15) is 13.2 Å². The smallest absolute Gasteiger partial charge is 0.465 e. The number of carbonyl (C=O) groups is 1. The van der Waals surface area contributed by atoms with Gasteiger partial charge in [-0.25, -0.2) is 9.78 Å². The zero-order valence-corrected chi connectivity index (χ0v) is 10.2. The van der Waals surface area contributed by atoms with E-state index < -0.39 is 40.7 Å². The first-order chi connectivity index (χ1) is 8.95. The van der Waals surface area contributed by atoms with Crippen molar-refractivity contribution in [2.75, 3.05) is 7.11 Å². The lowest BCUT2D eigenvalue weighted by Crippen LogP contribution is -2.23. The summed E-state index contributed by atoms with van der Waals surface area (Å²) in [5, 5.41) is -0.927. The van der Waals surface area contributed by atoms with Crippen LogP contribution in [0.5, 0.6) is 5.75 Å². The third-order valence-corrected chi connectivity index (χ3v) is 2.03. The number of pyridine rings is 1. The zero-order valence-electron chi connectivity index (χ0n) is 9.40. The Labute approximate surface area is 112 Å². The van der Waals surface area contributed by atoms with Gasteiger partial charge in [0.25, 0.3) is 0 Å². The van der Waals surface area contributed by atoms with Crippen molar-refractivity contribution in [2.24, 2.45) is 0 Å². The van der Waals surface area contributed by atoms with Crippen molar-refractivity contribution in [3.05, 3.63) is 22.5 Å². The van der Waals surface area contributed by atoms with E-state index in [0.29, 0.717) is 13.2 Å². The molecule has 4 nitrogen and oxygen atoms in total. The van der Waals surface area contributed by atoms with E-state index in [1.807, 2.05) is 0 Å². The Hall–Kier alpha value is -1.71. The third kappa shape index (κ3) is 3.89. The fraction of sp³-hybridized carbons (Fsp3) is 0.333. The molecular weight excluding hydrogens is 320 g/mol. The molecule has 1 heterocycles. The van der Waals surface area contributed by atoms with Gasteiger partial charge in [0.15, 0.2) is 5.69 Å². The van der Waals surface area contributed by atoms with E-state index in [9.17, 15) is 31.1 Å². The molecule has 0 aliphatic carbocycles. The monoisotopic (exact) mass is 323 g/mol. The highest BCUT2D eigenvalue weighted by Gasteiger charge is 2.42. The van der Waals surface area contributed by atoms with Crippen LogP contribution in [0.2, 0.25) is 5.15 Å². The molecule has 1 aromatic rings. The maximum Gasteiger partial charge on any atom is 0.573 e. The van der Waals surface area contributed by atoms with Gasteiger partial charge in [-0.1, -0.05) is 11.6 Å². The van der Waals surface area contributed by atoms with Crippen LogP contribution in [0.15, 0.2) is 6.07 Å². The molecule has 0 saturated carbocycles. The number of esters is 1. The highest BCUT2D eigenvalue weighted by Crippen LogP contribution is 2.38. The van der Waals surface area contributed by atoms with Gasteiger partial charge in [0.1, 0.15) is 16.5 Å². The second-order valence-electron chi connectivity index (χ2n) is 3.20. The largest absolute Gasteiger partial charge is 0.573 e. The van der Waals surface area contributed by atoms with Gasteiger partial charge >= 0.3 is 18.5 Å². The summed E-state index contributed by atoms with van der Waals surface area (Å²) < 4.78 is 81.8. The van der Waals surface area contributed by atoms with Crippen molar-refractivity contribution in [2.45, 2.75) is 12.5 Å². The first-order valence-electron chi connectivity index (χ1n) is 4.57. The van der Waals surface area contributed by atoms with Gasteiger partial charge in [0.05, 0.1) is 7.11 Å². The topological polar surface area (TPSA) is 48.4 Å². The Bertz CT molecular complexity index is 528. The van der Waals surface area contributed by atoms with Crippen molar-refractivity contribution in [1.82, 2.24) is 4.98 Å². The number of hydrogen-bond donors (Lipinski definition) is 0. The molecule has 0 aromatic carbocycles. The highest BCUT2D eigenvalue weighted by molar-refractivity contribution is 6.29. The van der Waals surface area contributed by atoms with Crippen LogP contribution < -0.4 is 4.74 Å². The maximum atomic E-state index is 12.7. The van der Waals surface area contributed by atoms with Gasteiger partial charge in [-0.15, -0.1) is 13.2 Å². The number of carbonyl (C=O) groups excluding carboxylic acids is 1. The van der Waals surface area contributed by atoms with Crippen molar-refractivity contribution in [3.8, 4) is 5.75 Å². The van der Waals surface area contributed by atoms with E-state index in [1.54, 1.807) is 0 Å². The number of ether oxygens (including phenoxy) is 2. The minimum atomic E-state index is -5.32. The predicted molar refractivity (Wildman–Crippen MR) is 52.3 cm³/mol. The average Bonchev–Trinajstić information content (AvgIpc) is 2.23. The van der Waals surface area contributed by atoms with Crippen LogP contribution in [0.4, 0.5) is 26.3 Å². The second kappa shape index (κ2) is 5.35. The van der Waals surface area contributed by atoms with Crippen LogP contribution in [0.3, 0.4) is 0 Å². The molecular formula is C9H4ClF6NO3. The van der Waals surface area contributed by atoms with Crippen molar-refractivity contribution >= 4 is 17.6 Å². The van der Waals surface area contributed by atoms with Gasteiger partial charge in [0, 0.05) is 6.07 Å². The van der Waals surface area contributed by atoms with E-state index in [4.69, 9.17) is 11.6 Å². The Kier molecular flexibility index (Phi) is 4.37. The Morgan fingerprint density at radius 2 is 1.80 bits per heavy atom. The number of rotatable bonds is 2. The highest BCUT2D eigenvalue weighted by atomic mass is 35.5. The molecule has 0 aliphatic rings. The molecule has 0 bridgehead atoms. The lowest BCUT2D eigenvalue weighted by atomic mass is 10.1. The molecule has 0 amide bonds. The minimum Gasteiger partial charge on any atom is -0.465 e. The number of aromatic nitrogens is 1. The summed E-state index contributed by atoms with van der Waals surface area (Å²) in [6, 6.07) is 0.330. The number of nitrogens with zero attached hydrogens (tertiary/aromatic N) is 1. The molecule has 112 valence electrons. The molecule has 11 heteroatoms. The number of halogens is 7. The molecule has 0 N–H and O–H groups in total. The fourth-order valence-corrected chi connectivity index (χ4v) is 1.39. The summed E-state index contributed by atoms with van der Waals surface area (Å²) in [5.74, 6) is -3.14. The number of methoxy groups -OCH3 is 1. The Morgan fingerprint density at radius 3 is 2.20 bits per heavy atom. The van der Waals surface area contributed by atoms with Crippen LogP contribution in [-0.4, -0.2) is 24.4 Å². The molecule has 0 fully saturated rings. The zero-order chi connectivity index (χ0) is 15.7. The van der Waals surface area contributed by atoms with E-state index in [2.05, 4.69) is 14.5 Å².